The fraction of sp³-hybridized carbons (Fsp3) is 0.261. The molecule has 2 atom stereocenters. The van der Waals surface area contributed by atoms with Crippen LogP contribution in [-0.4, -0.2) is 27.8 Å². The lowest BCUT2D eigenvalue weighted by Crippen LogP contribution is -2.37. The van der Waals surface area contributed by atoms with Gasteiger partial charge in [0.1, 0.15) is 11.4 Å². The molecule has 0 unspecified atom stereocenters. The van der Waals surface area contributed by atoms with Crippen LogP contribution >= 0.6 is 0 Å². The van der Waals surface area contributed by atoms with Crippen molar-refractivity contribution in [3.63, 3.8) is 0 Å². The van der Waals surface area contributed by atoms with Gasteiger partial charge in [0.15, 0.2) is 6.10 Å². The van der Waals surface area contributed by atoms with Gasteiger partial charge in [0.05, 0.1) is 23.1 Å². The van der Waals surface area contributed by atoms with E-state index in [9.17, 15) is 14.0 Å². The number of benzene rings is 2. The Balaban J connectivity index is 1.69. The third-order valence-corrected chi connectivity index (χ3v) is 4.88. The molecule has 0 saturated carbocycles. The van der Waals surface area contributed by atoms with Gasteiger partial charge in [-0.1, -0.05) is 30.3 Å². The average Bonchev–Trinajstić information content (AvgIpc) is 3.03. The number of para-hydroxylation sites is 1. The Kier molecular flexibility index (Phi) is 6.30. The quantitative estimate of drug-likeness (QED) is 0.624. The molecule has 0 aliphatic rings. The van der Waals surface area contributed by atoms with Gasteiger partial charge >= 0.3 is 5.97 Å². The number of nitrogens with one attached hydrogen (secondary N) is 1. The van der Waals surface area contributed by atoms with E-state index in [-0.39, 0.29) is 11.9 Å². The number of nitrogens with zero attached hydrogens (tertiary/aromatic N) is 2. The average molecular weight is 409 g/mol. The zero-order valence-corrected chi connectivity index (χ0v) is 17.3. The van der Waals surface area contributed by atoms with Gasteiger partial charge in [-0.15, -0.1) is 0 Å². The largest absolute Gasteiger partial charge is 0.449 e. The molecule has 1 heterocycles. The molecule has 0 radical (unpaired) electrons. The van der Waals surface area contributed by atoms with Crippen LogP contribution in [0.15, 0.2) is 54.6 Å². The molecule has 0 aliphatic carbocycles. The van der Waals surface area contributed by atoms with Gasteiger partial charge in [-0.2, -0.15) is 5.10 Å². The minimum absolute atomic E-state index is 0.338. The summed E-state index contributed by atoms with van der Waals surface area (Å²) in [4.78, 5) is 25.2. The van der Waals surface area contributed by atoms with E-state index in [1.807, 2.05) is 30.3 Å². The number of aryl methyl sites for hydroxylation is 1. The summed E-state index contributed by atoms with van der Waals surface area (Å²) >= 11 is 0. The summed E-state index contributed by atoms with van der Waals surface area (Å²) in [6, 6.07) is 15.0. The summed E-state index contributed by atoms with van der Waals surface area (Å²) in [5, 5.41) is 7.21. The second-order valence-electron chi connectivity index (χ2n) is 7.12. The van der Waals surface area contributed by atoms with Gasteiger partial charge in [-0.3, -0.25) is 4.79 Å². The number of rotatable bonds is 6. The molecular weight excluding hydrogens is 385 g/mol. The van der Waals surface area contributed by atoms with Gasteiger partial charge < -0.3 is 10.1 Å². The Morgan fingerprint density at radius 2 is 1.67 bits per heavy atom. The number of halogens is 1. The highest BCUT2D eigenvalue weighted by Gasteiger charge is 2.25. The number of hydrogen-bond acceptors (Lipinski definition) is 4. The summed E-state index contributed by atoms with van der Waals surface area (Å²) in [5.41, 5.74) is 3.07. The van der Waals surface area contributed by atoms with Crippen LogP contribution < -0.4 is 5.32 Å². The zero-order chi connectivity index (χ0) is 21.8. The normalized spacial score (nSPS) is 12.8. The molecule has 0 saturated heterocycles. The second kappa shape index (κ2) is 8.90. The van der Waals surface area contributed by atoms with Crippen molar-refractivity contribution in [2.75, 3.05) is 0 Å². The molecule has 0 spiro atoms. The Morgan fingerprint density at radius 3 is 2.30 bits per heavy atom. The van der Waals surface area contributed by atoms with Crippen molar-refractivity contribution in [3.8, 4) is 5.69 Å². The molecule has 3 rings (SSSR count). The van der Waals surface area contributed by atoms with E-state index in [1.54, 1.807) is 37.6 Å². The third-order valence-electron chi connectivity index (χ3n) is 4.88. The van der Waals surface area contributed by atoms with E-state index >= 15 is 0 Å². The first-order valence-electron chi connectivity index (χ1n) is 9.66. The highest BCUT2D eigenvalue weighted by Crippen LogP contribution is 2.20. The molecule has 3 aromatic rings. The maximum Gasteiger partial charge on any atom is 0.342 e. The number of hydrogen-bond donors (Lipinski definition) is 1. The Bertz CT molecular complexity index is 1050. The van der Waals surface area contributed by atoms with E-state index in [2.05, 4.69) is 10.4 Å². The summed E-state index contributed by atoms with van der Waals surface area (Å²) in [6.45, 7) is 6.80. The summed E-state index contributed by atoms with van der Waals surface area (Å²) in [7, 11) is 0. The van der Waals surface area contributed by atoms with E-state index in [1.165, 1.54) is 19.1 Å². The van der Waals surface area contributed by atoms with E-state index in [0.29, 0.717) is 17.0 Å². The molecule has 0 aliphatic heterocycles. The van der Waals surface area contributed by atoms with Crippen molar-refractivity contribution in [3.05, 3.63) is 82.9 Å². The molecule has 156 valence electrons. The number of carbonyl (C=O) groups excluding carboxylic acids is 2. The van der Waals surface area contributed by atoms with Crippen LogP contribution in [0.4, 0.5) is 4.39 Å². The number of esters is 1. The number of amides is 1. The lowest BCUT2D eigenvalue weighted by atomic mass is 10.1. The smallest absolute Gasteiger partial charge is 0.342 e. The summed E-state index contributed by atoms with van der Waals surface area (Å²) in [6.07, 6.45) is -1.00. The molecule has 1 aromatic heterocycles. The summed E-state index contributed by atoms with van der Waals surface area (Å²) < 4.78 is 20.1. The number of ether oxygens (including phenoxy) is 1. The van der Waals surface area contributed by atoms with Crippen LogP contribution in [0.1, 0.15) is 47.2 Å². The van der Waals surface area contributed by atoms with Crippen LogP contribution in [-0.2, 0) is 9.53 Å². The molecular formula is C23H24FN3O3. The lowest BCUT2D eigenvalue weighted by Gasteiger charge is -2.18. The number of aromatic nitrogens is 2. The van der Waals surface area contributed by atoms with Crippen LogP contribution in [0.25, 0.3) is 5.69 Å². The molecule has 0 bridgehead atoms. The van der Waals surface area contributed by atoms with Crippen molar-refractivity contribution < 1.29 is 18.7 Å². The van der Waals surface area contributed by atoms with Crippen molar-refractivity contribution in [1.82, 2.24) is 15.1 Å². The maximum absolute atomic E-state index is 13.1. The Morgan fingerprint density at radius 1 is 1.03 bits per heavy atom. The highest BCUT2D eigenvalue weighted by molar-refractivity contribution is 5.94. The van der Waals surface area contributed by atoms with Crippen LogP contribution in [0, 0.1) is 19.7 Å². The standard InChI is InChI=1S/C23H24FN3O3/c1-14(18-10-12-19(24)13-11-18)25-22(28)17(4)30-23(29)21-15(2)26-27(16(21)3)20-8-6-5-7-9-20/h5-14,17H,1-4H3,(H,25,28)/t14-,17+/m0/s1. The van der Waals surface area contributed by atoms with Gasteiger partial charge in [0.2, 0.25) is 0 Å². The number of carbonyl (C=O) groups is 2. The minimum Gasteiger partial charge on any atom is -0.449 e. The van der Waals surface area contributed by atoms with Gasteiger partial charge in [-0.25, -0.2) is 13.9 Å². The lowest BCUT2D eigenvalue weighted by molar-refractivity contribution is -0.129. The van der Waals surface area contributed by atoms with Crippen LogP contribution in [0.2, 0.25) is 0 Å². The molecule has 30 heavy (non-hydrogen) atoms. The molecule has 2 aromatic carbocycles. The van der Waals surface area contributed by atoms with Crippen molar-refractivity contribution in [2.24, 2.45) is 0 Å². The van der Waals surface area contributed by atoms with Crippen molar-refractivity contribution in [1.29, 1.82) is 0 Å². The van der Waals surface area contributed by atoms with Crippen molar-refractivity contribution in [2.45, 2.75) is 39.8 Å². The summed E-state index contributed by atoms with van der Waals surface area (Å²) in [5.74, 6) is -1.39. The second-order valence-corrected chi connectivity index (χ2v) is 7.12. The first kappa shape index (κ1) is 21.2. The van der Waals surface area contributed by atoms with Crippen LogP contribution in [0.5, 0.6) is 0 Å². The first-order valence-corrected chi connectivity index (χ1v) is 9.66. The first-order chi connectivity index (χ1) is 14.3. The fourth-order valence-electron chi connectivity index (χ4n) is 3.20. The fourth-order valence-corrected chi connectivity index (χ4v) is 3.20. The Labute approximate surface area is 174 Å². The van der Waals surface area contributed by atoms with Crippen LogP contribution in [0.3, 0.4) is 0 Å². The molecule has 1 N–H and O–H groups in total. The van der Waals surface area contributed by atoms with E-state index in [4.69, 9.17) is 4.74 Å². The predicted molar refractivity (Wildman–Crippen MR) is 111 cm³/mol. The van der Waals surface area contributed by atoms with Gasteiger partial charge in [0, 0.05) is 0 Å². The van der Waals surface area contributed by atoms with E-state index < -0.39 is 18.0 Å². The maximum atomic E-state index is 13.1. The monoisotopic (exact) mass is 409 g/mol. The highest BCUT2D eigenvalue weighted by atomic mass is 19.1. The SMILES string of the molecule is Cc1nn(-c2ccccc2)c(C)c1C(=O)O[C@H](C)C(=O)N[C@@H](C)c1ccc(F)cc1. The molecule has 1 amide bonds. The minimum atomic E-state index is -1.00. The molecule has 0 fully saturated rings. The predicted octanol–water partition coefficient (Wildman–Crippen LogP) is 4.05. The van der Waals surface area contributed by atoms with Gasteiger partial charge in [-0.05, 0) is 57.5 Å². The molecule has 6 nitrogen and oxygen atoms in total. The van der Waals surface area contributed by atoms with E-state index in [0.717, 1.165) is 11.3 Å². The zero-order valence-electron chi connectivity index (χ0n) is 17.3. The Hall–Kier alpha value is -3.48. The van der Waals surface area contributed by atoms with Crippen molar-refractivity contribution >= 4 is 11.9 Å². The van der Waals surface area contributed by atoms with Gasteiger partial charge in [0.25, 0.3) is 5.91 Å². The molecule has 7 heteroatoms. The topological polar surface area (TPSA) is 73.2 Å². The third kappa shape index (κ3) is 4.56.